The van der Waals surface area contributed by atoms with Crippen LogP contribution in [-0.4, -0.2) is 26.4 Å². The third-order valence-corrected chi connectivity index (χ3v) is 5.55. The number of halogens is 2. The molecule has 7 nitrogen and oxygen atoms in total. The molecule has 1 amide bonds. The van der Waals surface area contributed by atoms with Crippen LogP contribution in [0.1, 0.15) is 17.3 Å². The van der Waals surface area contributed by atoms with E-state index in [9.17, 15) is 22.4 Å². The van der Waals surface area contributed by atoms with Gasteiger partial charge in [-0.25, -0.2) is 22.7 Å². The van der Waals surface area contributed by atoms with Crippen molar-refractivity contribution in [2.75, 3.05) is 5.32 Å². The molecule has 0 aliphatic heterocycles. The van der Waals surface area contributed by atoms with Gasteiger partial charge < -0.3 is 10.1 Å². The molecular formula is C14H12ClFN2O5S2. The largest absolute Gasteiger partial charge is 0.449 e. The van der Waals surface area contributed by atoms with Crippen molar-refractivity contribution in [3.05, 3.63) is 46.0 Å². The van der Waals surface area contributed by atoms with Gasteiger partial charge in [0.1, 0.15) is 10.0 Å². The molecule has 1 aromatic heterocycles. The monoisotopic (exact) mass is 406 g/mol. The highest BCUT2D eigenvalue weighted by atomic mass is 35.5. The first-order valence-corrected chi connectivity index (χ1v) is 9.46. The summed E-state index contributed by atoms with van der Waals surface area (Å²) >= 11 is 6.36. The van der Waals surface area contributed by atoms with Gasteiger partial charge in [-0.2, -0.15) is 0 Å². The number of carbonyl (C=O) groups is 2. The van der Waals surface area contributed by atoms with Crippen molar-refractivity contribution >= 4 is 50.5 Å². The fraction of sp³-hybridized carbons (Fsp3) is 0.143. The summed E-state index contributed by atoms with van der Waals surface area (Å²) in [6, 6.07) is 4.72. The van der Waals surface area contributed by atoms with E-state index in [0.29, 0.717) is 0 Å². The second-order valence-corrected chi connectivity index (χ2v) is 8.00. The van der Waals surface area contributed by atoms with E-state index in [0.717, 1.165) is 23.5 Å². The van der Waals surface area contributed by atoms with Gasteiger partial charge in [0, 0.05) is 10.4 Å². The van der Waals surface area contributed by atoms with Crippen LogP contribution in [-0.2, 0) is 19.6 Å². The van der Waals surface area contributed by atoms with E-state index >= 15 is 0 Å². The summed E-state index contributed by atoms with van der Waals surface area (Å²) < 4.78 is 40.7. The lowest BCUT2D eigenvalue weighted by Gasteiger charge is -2.13. The maximum Gasteiger partial charge on any atom is 0.339 e. The summed E-state index contributed by atoms with van der Waals surface area (Å²) in [5.41, 5.74) is -0.185. The molecule has 0 saturated heterocycles. The lowest BCUT2D eigenvalue weighted by Crippen LogP contribution is -2.30. The van der Waals surface area contributed by atoms with Crippen LogP contribution in [0.4, 0.5) is 10.1 Å². The van der Waals surface area contributed by atoms with Crippen molar-refractivity contribution in [3.63, 3.8) is 0 Å². The molecule has 1 heterocycles. The van der Waals surface area contributed by atoms with E-state index in [2.05, 4.69) is 5.32 Å². The fourth-order valence-electron chi connectivity index (χ4n) is 1.68. The number of amides is 1. The average molecular weight is 407 g/mol. The van der Waals surface area contributed by atoms with Crippen molar-refractivity contribution in [1.29, 1.82) is 0 Å². The minimum Gasteiger partial charge on any atom is -0.449 e. The van der Waals surface area contributed by atoms with Crippen molar-refractivity contribution < 1.29 is 27.1 Å². The van der Waals surface area contributed by atoms with Crippen LogP contribution in [0.15, 0.2) is 33.9 Å². The predicted octanol–water partition coefficient (Wildman–Crippen LogP) is 2.37. The quantitative estimate of drug-likeness (QED) is 0.739. The minimum absolute atomic E-state index is 0.0636. The maximum absolute atomic E-state index is 13.6. The molecule has 0 aliphatic carbocycles. The lowest BCUT2D eigenvalue weighted by molar-refractivity contribution is -0.123. The van der Waals surface area contributed by atoms with Crippen LogP contribution in [0.5, 0.6) is 0 Å². The molecule has 2 aromatic rings. The van der Waals surface area contributed by atoms with Gasteiger partial charge in [0.05, 0.1) is 11.3 Å². The van der Waals surface area contributed by atoms with Crippen LogP contribution in [0.3, 0.4) is 0 Å². The average Bonchev–Trinajstić information content (AvgIpc) is 3.00. The molecule has 11 heteroatoms. The number of thiophene rings is 1. The number of hydrogen-bond donors (Lipinski definition) is 2. The molecule has 0 spiro atoms. The topological polar surface area (TPSA) is 116 Å². The molecule has 0 bridgehead atoms. The van der Waals surface area contributed by atoms with E-state index < -0.39 is 33.8 Å². The lowest BCUT2D eigenvalue weighted by atomic mass is 10.2. The van der Waals surface area contributed by atoms with E-state index in [1.807, 2.05) is 0 Å². The van der Waals surface area contributed by atoms with Crippen molar-refractivity contribution in [2.45, 2.75) is 17.2 Å². The number of nitrogens with one attached hydrogen (secondary N) is 1. The van der Waals surface area contributed by atoms with E-state index in [1.54, 1.807) is 0 Å². The van der Waals surface area contributed by atoms with E-state index in [-0.39, 0.29) is 20.5 Å². The van der Waals surface area contributed by atoms with Crippen LogP contribution >= 0.6 is 22.9 Å². The van der Waals surface area contributed by atoms with Gasteiger partial charge in [0.15, 0.2) is 6.10 Å². The Morgan fingerprint density at radius 3 is 2.60 bits per heavy atom. The van der Waals surface area contributed by atoms with E-state index in [4.69, 9.17) is 21.5 Å². The number of benzene rings is 1. The first-order valence-electron chi connectivity index (χ1n) is 6.66. The molecule has 3 N–H and O–H groups in total. The van der Waals surface area contributed by atoms with Crippen molar-refractivity contribution in [3.8, 4) is 0 Å². The highest BCUT2D eigenvalue weighted by Crippen LogP contribution is 2.21. The molecule has 1 atom stereocenters. The third-order valence-electron chi connectivity index (χ3n) is 2.93. The first kappa shape index (κ1) is 19.3. The zero-order chi connectivity index (χ0) is 18.8. The molecule has 0 aliphatic rings. The number of primary sulfonamides is 1. The fourth-order valence-corrected chi connectivity index (χ4v) is 3.41. The zero-order valence-corrected chi connectivity index (χ0v) is 15.0. The van der Waals surface area contributed by atoms with Gasteiger partial charge in [0.25, 0.3) is 5.91 Å². The molecule has 25 heavy (non-hydrogen) atoms. The summed E-state index contributed by atoms with van der Waals surface area (Å²) in [7, 11) is -3.93. The zero-order valence-electron chi connectivity index (χ0n) is 12.7. The van der Waals surface area contributed by atoms with E-state index in [1.165, 1.54) is 24.4 Å². The normalized spacial score (nSPS) is 12.5. The Kier molecular flexibility index (Phi) is 5.78. The molecule has 2 rings (SSSR count). The Bertz CT molecular complexity index is 929. The third kappa shape index (κ3) is 4.98. The number of carbonyl (C=O) groups excluding carboxylic acids is 2. The Hall–Kier alpha value is -2.01. The van der Waals surface area contributed by atoms with Crippen molar-refractivity contribution in [2.24, 2.45) is 5.14 Å². The number of sulfonamides is 1. The molecule has 134 valence electrons. The van der Waals surface area contributed by atoms with Crippen LogP contribution in [0, 0.1) is 5.82 Å². The molecule has 0 fully saturated rings. The first-order chi connectivity index (χ1) is 11.6. The van der Waals surface area contributed by atoms with Gasteiger partial charge in [-0.1, -0.05) is 11.6 Å². The number of ether oxygens (including phenoxy) is 1. The van der Waals surface area contributed by atoms with Crippen LogP contribution in [0.2, 0.25) is 5.02 Å². The number of hydrogen-bond acceptors (Lipinski definition) is 6. The summed E-state index contributed by atoms with van der Waals surface area (Å²) in [5.74, 6) is -2.42. The Labute approximate surface area is 151 Å². The Morgan fingerprint density at radius 2 is 2.04 bits per heavy atom. The van der Waals surface area contributed by atoms with Gasteiger partial charge in [-0.05, 0) is 31.2 Å². The van der Waals surface area contributed by atoms with Crippen molar-refractivity contribution in [1.82, 2.24) is 0 Å². The second-order valence-electron chi connectivity index (χ2n) is 4.86. The summed E-state index contributed by atoms with van der Waals surface area (Å²) in [6.07, 6.45) is -1.25. The Morgan fingerprint density at radius 1 is 1.36 bits per heavy atom. The number of esters is 1. The molecule has 1 aromatic carbocycles. The predicted molar refractivity (Wildman–Crippen MR) is 90.6 cm³/mol. The van der Waals surface area contributed by atoms with Gasteiger partial charge in [-0.3, -0.25) is 4.79 Å². The van der Waals surface area contributed by atoms with Gasteiger partial charge >= 0.3 is 5.97 Å². The van der Waals surface area contributed by atoms with Gasteiger partial charge in [-0.15, -0.1) is 11.3 Å². The summed E-state index contributed by atoms with van der Waals surface area (Å²) in [4.78, 5) is 23.9. The molecule has 0 saturated carbocycles. The molecule has 0 radical (unpaired) electrons. The minimum atomic E-state index is -3.93. The number of rotatable bonds is 5. The highest BCUT2D eigenvalue weighted by molar-refractivity contribution is 7.91. The summed E-state index contributed by atoms with van der Waals surface area (Å²) in [5, 5.41) is 8.62. The summed E-state index contributed by atoms with van der Waals surface area (Å²) in [6.45, 7) is 1.29. The van der Waals surface area contributed by atoms with Gasteiger partial charge in [0.2, 0.25) is 10.0 Å². The standard InChI is InChI=1S/C14H12ClFN2O5S2/c1-7(13(19)18-11-3-2-9(15)5-10(11)16)23-14(20)8-4-12(24-6-8)25(17,21)22/h2-7H,1H3,(H,18,19)(H2,17,21,22)/t7-/m0/s1. The SMILES string of the molecule is C[C@H](OC(=O)c1csc(S(N)(=O)=O)c1)C(=O)Nc1ccc(Cl)cc1F. The maximum atomic E-state index is 13.6. The molecular weight excluding hydrogens is 395 g/mol. The molecule has 0 unspecified atom stereocenters. The second kappa shape index (κ2) is 7.48. The Balaban J connectivity index is 2.03. The van der Waals surface area contributed by atoms with Crippen LogP contribution < -0.4 is 10.5 Å². The number of anilines is 1. The smallest absolute Gasteiger partial charge is 0.339 e. The van der Waals surface area contributed by atoms with Crippen LogP contribution in [0.25, 0.3) is 0 Å². The number of nitrogens with two attached hydrogens (primary N) is 1. The highest BCUT2D eigenvalue weighted by Gasteiger charge is 2.22.